The third-order valence-electron chi connectivity index (χ3n) is 3.31. The molecule has 0 amide bonds. The maximum absolute atomic E-state index is 9.04. The van der Waals surface area contributed by atoms with Crippen LogP contribution in [0.5, 0.6) is 0 Å². The van der Waals surface area contributed by atoms with Gasteiger partial charge >= 0.3 is 0 Å². The molecule has 0 bridgehead atoms. The number of hydrogen-bond acceptors (Lipinski definition) is 5. The SMILES string of the molecule is CCCNc1cn2ccnc2c(N(CC)CC(C)C#N)n1. The molecule has 6 nitrogen and oxygen atoms in total. The highest BCUT2D eigenvalue weighted by Gasteiger charge is 2.16. The first-order chi connectivity index (χ1) is 10.2. The van der Waals surface area contributed by atoms with Gasteiger partial charge in [0.2, 0.25) is 0 Å². The van der Waals surface area contributed by atoms with Gasteiger partial charge in [-0.1, -0.05) is 6.92 Å². The minimum Gasteiger partial charge on any atom is -0.369 e. The quantitative estimate of drug-likeness (QED) is 0.847. The van der Waals surface area contributed by atoms with E-state index in [0.717, 1.165) is 36.8 Å². The maximum Gasteiger partial charge on any atom is 0.180 e. The smallest absolute Gasteiger partial charge is 0.180 e. The molecule has 21 heavy (non-hydrogen) atoms. The highest BCUT2D eigenvalue weighted by Crippen LogP contribution is 2.21. The highest BCUT2D eigenvalue weighted by atomic mass is 15.2. The van der Waals surface area contributed by atoms with Crippen molar-refractivity contribution in [3.05, 3.63) is 18.6 Å². The van der Waals surface area contributed by atoms with Crippen LogP contribution in [0.4, 0.5) is 11.6 Å². The Morgan fingerprint density at radius 1 is 1.48 bits per heavy atom. The lowest BCUT2D eigenvalue weighted by molar-refractivity contribution is 0.679. The van der Waals surface area contributed by atoms with E-state index in [-0.39, 0.29) is 5.92 Å². The van der Waals surface area contributed by atoms with Crippen LogP contribution in [0, 0.1) is 17.2 Å². The number of anilines is 2. The molecule has 0 aliphatic heterocycles. The number of rotatable bonds is 7. The second-order valence-corrected chi connectivity index (χ2v) is 5.10. The summed E-state index contributed by atoms with van der Waals surface area (Å²) in [6, 6.07) is 2.28. The van der Waals surface area contributed by atoms with Gasteiger partial charge in [0.1, 0.15) is 5.82 Å². The Morgan fingerprint density at radius 2 is 2.29 bits per heavy atom. The zero-order valence-electron chi connectivity index (χ0n) is 12.9. The number of hydrogen-bond donors (Lipinski definition) is 1. The zero-order valence-corrected chi connectivity index (χ0v) is 12.9. The summed E-state index contributed by atoms with van der Waals surface area (Å²) in [5.41, 5.74) is 0.823. The average Bonchev–Trinajstić information content (AvgIpc) is 2.97. The van der Waals surface area contributed by atoms with Crippen molar-refractivity contribution in [2.24, 2.45) is 5.92 Å². The lowest BCUT2D eigenvalue weighted by Crippen LogP contribution is -2.29. The summed E-state index contributed by atoms with van der Waals surface area (Å²) in [5.74, 6) is 1.61. The van der Waals surface area contributed by atoms with Gasteiger partial charge in [-0.05, 0) is 20.3 Å². The Balaban J connectivity index is 2.39. The normalized spacial score (nSPS) is 12.1. The van der Waals surface area contributed by atoms with Crippen LogP contribution in [0.1, 0.15) is 27.2 Å². The molecule has 2 aromatic rings. The van der Waals surface area contributed by atoms with Crippen molar-refractivity contribution in [1.29, 1.82) is 5.26 Å². The largest absolute Gasteiger partial charge is 0.369 e. The number of imidazole rings is 1. The summed E-state index contributed by atoms with van der Waals surface area (Å²) in [6.07, 6.45) is 6.68. The number of aromatic nitrogens is 3. The van der Waals surface area contributed by atoms with E-state index in [0.29, 0.717) is 6.54 Å². The lowest BCUT2D eigenvalue weighted by Gasteiger charge is -2.24. The van der Waals surface area contributed by atoms with E-state index in [4.69, 9.17) is 10.2 Å². The molecule has 2 rings (SSSR count). The fourth-order valence-corrected chi connectivity index (χ4v) is 2.20. The summed E-state index contributed by atoms with van der Waals surface area (Å²) in [6.45, 7) is 8.43. The summed E-state index contributed by atoms with van der Waals surface area (Å²) in [4.78, 5) is 11.2. The Bertz CT molecular complexity index is 627. The van der Waals surface area contributed by atoms with Crippen molar-refractivity contribution >= 4 is 17.3 Å². The molecule has 0 aliphatic rings. The van der Waals surface area contributed by atoms with Crippen LogP contribution >= 0.6 is 0 Å². The number of nitrogens with zero attached hydrogens (tertiary/aromatic N) is 5. The predicted octanol–water partition coefficient (Wildman–Crippen LogP) is 2.54. The molecule has 0 saturated heterocycles. The second kappa shape index (κ2) is 6.93. The fraction of sp³-hybridized carbons (Fsp3) is 0.533. The third kappa shape index (κ3) is 3.43. The highest BCUT2D eigenvalue weighted by molar-refractivity contribution is 5.66. The molecule has 6 heteroatoms. The van der Waals surface area contributed by atoms with Crippen molar-refractivity contribution in [3.63, 3.8) is 0 Å². The summed E-state index contributed by atoms with van der Waals surface area (Å²) >= 11 is 0. The molecule has 1 atom stereocenters. The predicted molar refractivity (Wildman–Crippen MR) is 84.4 cm³/mol. The van der Waals surface area contributed by atoms with Crippen LogP contribution < -0.4 is 10.2 Å². The van der Waals surface area contributed by atoms with Gasteiger partial charge in [-0.2, -0.15) is 5.26 Å². The van der Waals surface area contributed by atoms with Gasteiger partial charge < -0.3 is 14.6 Å². The molecule has 1 N–H and O–H groups in total. The molecule has 112 valence electrons. The topological polar surface area (TPSA) is 69.2 Å². The zero-order chi connectivity index (χ0) is 15.2. The monoisotopic (exact) mass is 286 g/mol. The van der Waals surface area contributed by atoms with Crippen molar-refractivity contribution in [2.45, 2.75) is 27.2 Å². The van der Waals surface area contributed by atoms with E-state index in [2.05, 4.69) is 35.1 Å². The van der Waals surface area contributed by atoms with E-state index >= 15 is 0 Å². The van der Waals surface area contributed by atoms with Crippen molar-refractivity contribution in [3.8, 4) is 6.07 Å². The van der Waals surface area contributed by atoms with Crippen molar-refractivity contribution < 1.29 is 0 Å². The average molecular weight is 286 g/mol. The number of fused-ring (bicyclic) bond motifs is 1. The Morgan fingerprint density at radius 3 is 2.95 bits per heavy atom. The van der Waals surface area contributed by atoms with E-state index in [1.165, 1.54) is 0 Å². The van der Waals surface area contributed by atoms with Crippen LogP contribution in [0.25, 0.3) is 5.65 Å². The molecule has 0 fully saturated rings. The lowest BCUT2D eigenvalue weighted by atomic mass is 10.2. The summed E-state index contributed by atoms with van der Waals surface area (Å²) in [7, 11) is 0. The van der Waals surface area contributed by atoms with Crippen molar-refractivity contribution in [2.75, 3.05) is 29.9 Å². The number of nitrogens with one attached hydrogen (secondary N) is 1. The second-order valence-electron chi connectivity index (χ2n) is 5.10. The molecule has 2 aromatic heterocycles. The minimum atomic E-state index is -0.0472. The van der Waals surface area contributed by atoms with Crippen LogP contribution in [-0.4, -0.2) is 34.0 Å². The van der Waals surface area contributed by atoms with Crippen LogP contribution in [-0.2, 0) is 0 Å². The molecule has 2 heterocycles. The van der Waals surface area contributed by atoms with E-state index in [9.17, 15) is 0 Å². The van der Waals surface area contributed by atoms with Crippen LogP contribution in [0.2, 0.25) is 0 Å². The Kier molecular flexibility index (Phi) is 4.99. The molecular weight excluding hydrogens is 264 g/mol. The Labute approximate surface area is 125 Å². The summed E-state index contributed by atoms with van der Waals surface area (Å²) in [5, 5.41) is 12.4. The molecule has 0 aromatic carbocycles. The first kappa shape index (κ1) is 15.1. The number of nitriles is 1. The van der Waals surface area contributed by atoms with E-state index < -0.39 is 0 Å². The van der Waals surface area contributed by atoms with Gasteiger partial charge in [0, 0.05) is 32.0 Å². The standard InChI is InChI=1S/C15H22N6/c1-4-6-17-13-11-21-8-7-18-14(21)15(19-13)20(5-2)10-12(3)9-16/h7-8,11-12,17H,4-6,10H2,1-3H3. The van der Waals surface area contributed by atoms with E-state index in [1.54, 1.807) is 6.20 Å². The molecule has 0 aliphatic carbocycles. The van der Waals surface area contributed by atoms with Crippen molar-refractivity contribution in [1.82, 2.24) is 14.4 Å². The van der Waals surface area contributed by atoms with Gasteiger partial charge in [0.05, 0.1) is 18.2 Å². The minimum absolute atomic E-state index is 0.0472. The van der Waals surface area contributed by atoms with Gasteiger partial charge in [-0.25, -0.2) is 9.97 Å². The molecular formula is C15H22N6. The fourth-order valence-electron chi connectivity index (χ4n) is 2.20. The van der Waals surface area contributed by atoms with Crippen LogP contribution in [0.15, 0.2) is 18.6 Å². The first-order valence-corrected chi connectivity index (χ1v) is 7.41. The Hall–Kier alpha value is -2.29. The molecule has 0 radical (unpaired) electrons. The van der Waals surface area contributed by atoms with E-state index in [1.807, 2.05) is 23.7 Å². The third-order valence-corrected chi connectivity index (χ3v) is 3.31. The van der Waals surface area contributed by atoms with Gasteiger partial charge in [-0.15, -0.1) is 0 Å². The van der Waals surface area contributed by atoms with Gasteiger partial charge in [0.25, 0.3) is 0 Å². The maximum atomic E-state index is 9.04. The van der Waals surface area contributed by atoms with Gasteiger partial charge in [-0.3, -0.25) is 0 Å². The first-order valence-electron chi connectivity index (χ1n) is 7.41. The molecule has 0 saturated carbocycles. The summed E-state index contributed by atoms with van der Waals surface area (Å²) < 4.78 is 1.97. The molecule has 0 spiro atoms. The van der Waals surface area contributed by atoms with Gasteiger partial charge in [0.15, 0.2) is 11.5 Å². The van der Waals surface area contributed by atoms with Crippen LogP contribution in [0.3, 0.4) is 0 Å². The molecule has 1 unspecified atom stereocenters.